The van der Waals surface area contributed by atoms with Crippen molar-refractivity contribution in [2.45, 2.75) is 0 Å². The van der Waals surface area contributed by atoms with E-state index in [4.69, 9.17) is 11.0 Å². The number of nitrogens with two attached hydrogens (primary N) is 1. The third-order valence-corrected chi connectivity index (χ3v) is 3.34. The Bertz CT molecular complexity index is 905. The standard InChI is InChI=1S/C17H11FN4O/c18-13-5-7-14(8-6-13)22-16(9-15(21-22)17(20)23)12-3-1-11(10-19)2-4-12/h1-9H,(H2,20,23). The Balaban J connectivity index is 2.16. The van der Waals surface area contributed by atoms with Crippen LogP contribution in [-0.2, 0) is 0 Å². The molecule has 0 saturated carbocycles. The summed E-state index contributed by atoms with van der Waals surface area (Å²) < 4.78 is 14.6. The maximum Gasteiger partial charge on any atom is 0.269 e. The second kappa shape index (κ2) is 5.73. The summed E-state index contributed by atoms with van der Waals surface area (Å²) in [5, 5.41) is 13.1. The molecule has 0 aliphatic rings. The van der Waals surface area contributed by atoms with Gasteiger partial charge in [0.25, 0.3) is 5.91 Å². The van der Waals surface area contributed by atoms with E-state index in [9.17, 15) is 9.18 Å². The molecule has 0 aliphatic heterocycles. The van der Waals surface area contributed by atoms with Gasteiger partial charge in [0.05, 0.1) is 23.0 Å². The molecule has 1 heterocycles. The molecule has 0 spiro atoms. The number of halogens is 1. The van der Waals surface area contributed by atoms with Crippen LogP contribution in [0.2, 0.25) is 0 Å². The number of amides is 1. The fourth-order valence-corrected chi connectivity index (χ4v) is 2.20. The van der Waals surface area contributed by atoms with Crippen molar-refractivity contribution in [2.75, 3.05) is 0 Å². The highest BCUT2D eigenvalue weighted by molar-refractivity contribution is 5.92. The summed E-state index contributed by atoms with van der Waals surface area (Å²) in [6.07, 6.45) is 0. The molecule has 6 heteroatoms. The minimum atomic E-state index is -0.652. The topological polar surface area (TPSA) is 84.7 Å². The molecule has 0 aliphatic carbocycles. The van der Waals surface area contributed by atoms with E-state index in [0.717, 1.165) is 5.56 Å². The number of carbonyl (C=O) groups is 1. The van der Waals surface area contributed by atoms with Gasteiger partial charge in [0.15, 0.2) is 5.69 Å². The Morgan fingerprint density at radius 2 is 1.78 bits per heavy atom. The number of carbonyl (C=O) groups excluding carboxylic acids is 1. The molecule has 0 bridgehead atoms. The Morgan fingerprint density at radius 1 is 1.13 bits per heavy atom. The molecule has 5 nitrogen and oxygen atoms in total. The molecule has 0 atom stereocenters. The van der Waals surface area contributed by atoms with Crippen LogP contribution >= 0.6 is 0 Å². The molecule has 2 aromatic carbocycles. The monoisotopic (exact) mass is 306 g/mol. The normalized spacial score (nSPS) is 10.3. The predicted octanol–water partition coefficient (Wildman–Crippen LogP) is 2.65. The van der Waals surface area contributed by atoms with Crippen molar-refractivity contribution in [2.24, 2.45) is 5.73 Å². The van der Waals surface area contributed by atoms with Gasteiger partial charge in [-0.05, 0) is 42.5 Å². The van der Waals surface area contributed by atoms with Gasteiger partial charge in [-0.25, -0.2) is 9.07 Å². The highest BCUT2D eigenvalue weighted by Crippen LogP contribution is 2.24. The summed E-state index contributed by atoms with van der Waals surface area (Å²) in [7, 11) is 0. The number of nitrogens with zero attached hydrogens (tertiary/aromatic N) is 3. The number of primary amides is 1. The second-order valence-corrected chi connectivity index (χ2v) is 4.86. The highest BCUT2D eigenvalue weighted by atomic mass is 19.1. The minimum Gasteiger partial charge on any atom is -0.364 e. The molecule has 112 valence electrons. The van der Waals surface area contributed by atoms with Crippen LogP contribution < -0.4 is 5.73 Å². The molecule has 0 radical (unpaired) electrons. The van der Waals surface area contributed by atoms with Crippen LogP contribution in [-0.4, -0.2) is 15.7 Å². The summed E-state index contributed by atoms with van der Waals surface area (Å²) in [6.45, 7) is 0. The average molecular weight is 306 g/mol. The molecule has 0 fully saturated rings. The average Bonchev–Trinajstić information content (AvgIpc) is 3.01. The number of benzene rings is 2. The molecule has 2 N–H and O–H groups in total. The summed E-state index contributed by atoms with van der Waals surface area (Å²) in [5.41, 5.74) is 7.91. The summed E-state index contributed by atoms with van der Waals surface area (Å²) >= 11 is 0. The predicted molar refractivity (Wildman–Crippen MR) is 82.2 cm³/mol. The number of hydrogen-bond acceptors (Lipinski definition) is 3. The Labute approximate surface area is 131 Å². The summed E-state index contributed by atoms with van der Waals surface area (Å²) in [4.78, 5) is 11.4. The van der Waals surface area contributed by atoms with Crippen LogP contribution in [0.5, 0.6) is 0 Å². The zero-order chi connectivity index (χ0) is 16.4. The maximum absolute atomic E-state index is 13.1. The van der Waals surface area contributed by atoms with Gasteiger partial charge in [-0.2, -0.15) is 10.4 Å². The first-order chi connectivity index (χ1) is 11.1. The number of aromatic nitrogens is 2. The van der Waals surface area contributed by atoms with Gasteiger partial charge in [0.2, 0.25) is 0 Å². The van der Waals surface area contributed by atoms with Crippen LogP contribution in [0, 0.1) is 17.1 Å². The van der Waals surface area contributed by atoms with Crippen LogP contribution in [0.3, 0.4) is 0 Å². The lowest BCUT2D eigenvalue weighted by molar-refractivity contribution is 0.0995. The van der Waals surface area contributed by atoms with E-state index in [1.807, 2.05) is 6.07 Å². The molecule has 0 saturated heterocycles. The van der Waals surface area contributed by atoms with E-state index in [2.05, 4.69) is 5.10 Å². The van der Waals surface area contributed by atoms with E-state index >= 15 is 0 Å². The van der Waals surface area contributed by atoms with Gasteiger partial charge < -0.3 is 5.73 Å². The first-order valence-corrected chi connectivity index (χ1v) is 6.75. The van der Waals surface area contributed by atoms with E-state index in [-0.39, 0.29) is 11.5 Å². The van der Waals surface area contributed by atoms with Crippen LogP contribution in [0.1, 0.15) is 16.1 Å². The van der Waals surface area contributed by atoms with E-state index in [0.29, 0.717) is 16.9 Å². The number of nitriles is 1. The molecule has 3 rings (SSSR count). The first kappa shape index (κ1) is 14.5. The molecule has 3 aromatic rings. The molecule has 0 unspecified atom stereocenters. The van der Waals surface area contributed by atoms with Crippen molar-refractivity contribution in [1.29, 1.82) is 5.26 Å². The SMILES string of the molecule is N#Cc1ccc(-c2cc(C(N)=O)nn2-c2ccc(F)cc2)cc1. The third kappa shape index (κ3) is 2.80. The van der Waals surface area contributed by atoms with Gasteiger partial charge in [0.1, 0.15) is 5.82 Å². The molecule has 1 aromatic heterocycles. The molecular formula is C17H11FN4O. The Morgan fingerprint density at radius 3 is 2.35 bits per heavy atom. The van der Waals surface area contributed by atoms with Gasteiger partial charge in [-0.1, -0.05) is 12.1 Å². The van der Waals surface area contributed by atoms with Gasteiger partial charge in [0, 0.05) is 5.56 Å². The second-order valence-electron chi connectivity index (χ2n) is 4.86. The van der Waals surface area contributed by atoms with E-state index < -0.39 is 5.91 Å². The van der Waals surface area contributed by atoms with Crippen LogP contribution in [0.4, 0.5) is 4.39 Å². The Hall–Kier alpha value is -3.46. The van der Waals surface area contributed by atoms with E-state index in [1.54, 1.807) is 42.5 Å². The summed E-state index contributed by atoms with van der Waals surface area (Å²) in [6, 6.07) is 16.2. The Kier molecular flexibility index (Phi) is 3.61. The number of rotatable bonds is 3. The van der Waals surface area contributed by atoms with E-state index in [1.165, 1.54) is 16.8 Å². The highest BCUT2D eigenvalue weighted by Gasteiger charge is 2.15. The van der Waals surface area contributed by atoms with Crippen molar-refractivity contribution >= 4 is 5.91 Å². The fraction of sp³-hybridized carbons (Fsp3) is 0. The van der Waals surface area contributed by atoms with Crippen molar-refractivity contribution in [3.8, 4) is 23.0 Å². The van der Waals surface area contributed by atoms with Crippen LogP contribution in [0.15, 0.2) is 54.6 Å². The van der Waals surface area contributed by atoms with Gasteiger partial charge >= 0.3 is 0 Å². The minimum absolute atomic E-state index is 0.105. The number of hydrogen-bond donors (Lipinski definition) is 1. The van der Waals surface area contributed by atoms with Crippen molar-refractivity contribution in [3.05, 3.63) is 71.7 Å². The smallest absolute Gasteiger partial charge is 0.269 e. The first-order valence-electron chi connectivity index (χ1n) is 6.75. The largest absolute Gasteiger partial charge is 0.364 e. The van der Waals surface area contributed by atoms with Crippen molar-refractivity contribution in [3.63, 3.8) is 0 Å². The van der Waals surface area contributed by atoms with Crippen molar-refractivity contribution in [1.82, 2.24) is 9.78 Å². The fourth-order valence-electron chi connectivity index (χ4n) is 2.20. The maximum atomic E-state index is 13.1. The van der Waals surface area contributed by atoms with Crippen molar-refractivity contribution < 1.29 is 9.18 Å². The zero-order valence-electron chi connectivity index (χ0n) is 11.9. The summed E-state index contributed by atoms with van der Waals surface area (Å²) in [5.74, 6) is -1.02. The molecule has 23 heavy (non-hydrogen) atoms. The van der Waals surface area contributed by atoms with Crippen LogP contribution in [0.25, 0.3) is 16.9 Å². The third-order valence-electron chi connectivity index (χ3n) is 3.34. The molecular weight excluding hydrogens is 295 g/mol. The molecule has 1 amide bonds. The zero-order valence-corrected chi connectivity index (χ0v) is 11.9. The lowest BCUT2D eigenvalue weighted by atomic mass is 10.1. The lowest BCUT2D eigenvalue weighted by Crippen LogP contribution is -2.12. The van der Waals surface area contributed by atoms with Gasteiger partial charge in [-0.3, -0.25) is 4.79 Å². The quantitative estimate of drug-likeness (QED) is 0.807. The lowest BCUT2D eigenvalue weighted by Gasteiger charge is -2.07. The van der Waals surface area contributed by atoms with Gasteiger partial charge in [-0.15, -0.1) is 0 Å².